The van der Waals surface area contributed by atoms with Gasteiger partial charge in [-0.25, -0.2) is 4.79 Å². The van der Waals surface area contributed by atoms with Crippen LogP contribution in [0.1, 0.15) is 24.8 Å². The monoisotopic (exact) mass is 407 g/mol. The van der Waals surface area contributed by atoms with Crippen LogP contribution in [-0.4, -0.2) is 62.2 Å². The lowest BCUT2D eigenvalue weighted by Crippen LogP contribution is -2.48. The van der Waals surface area contributed by atoms with E-state index in [0.717, 1.165) is 41.7 Å². The third-order valence-corrected chi connectivity index (χ3v) is 6.75. The van der Waals surface area contributed by atoms with Crippen LogP contribution in [0, 0.1) is 11.8 Å². The number of ether oxygens (including phenoxy) is 4. The van der Waals surface area contributed by atoms with Crippen molar-refractivity contribution in [3.05, 3.63) is 53.1 Å². The molecular formula is C24H25NO5. The molecule has 156 valence electrons. The Labute approximate surface area is 176 Å². The summed E-state index contributed by atoms with van der Waals surface area (Å²) in [7, 11) is 4.98. The number of carbonyl (C=O) groups is 1. The number of carbonyl (C=O) groups excluding carboxylic acids is 1. The Balaban J connectivity index is 1.53. The third-order valence-electron chi connectivity index (χ3n) is 6.75. The number of hydrogen-bond donors (Lipinski definition) is 0. The predicted octanol–water partition coefficient (Wildman–Crippen LogP) is 2.43. The van der Waals surface area contributed by atoms with Gasteiger partial charge in [-0.15, -0.1) is 0 Å². The summed E-state index contributed by atoms with van der Waals surface area (Å²) in [6.07, 6.45) is 6.13. The third kappa shape index (κ3) is 2.81. The molecule has 1 spiro atoms. The zero-order valence-corrected chi connectivity index (χ0v) is 17.4. The molecule has 6 heteroatoms. The largest absolute Gasteiger partial charge is 0.497 e. The Kier molecular flexibility index (Phi) is 4.70. The van der Waals surface area contributed by atoms with Crippen LogP contribution in [0.2, 0.25) is 0 Å². The van der Waals surface area contributed by atoms with E-state index in [2.05, 4.69) is 22.8 Å². The van der Waals surface area contributed by atoms with Crippen LogP contribution < -0.4 is 4.74 Å². The SMILES string of the molecule is COc1cccc(C#CC2=C[C@@H]3C[C@@]4(OC(=O)C=C24)[C@H]2CC[C@H](C(OC)OC)N32)c1. The van der Waals surface area contributed by atoms with Gasteiger partial charge in [-0.2, -0.15) is 0 Å². The molecule has 4 aliphatic rings. The Hall–Kier alpha value is -2.59. The van der Waals surface area contributed by atoms with E-state index in [1.54, 1.807) is 27.4 Å². The molecule has 2 bridgehead atoms. The lowest BCUT2D eigenvalue weighted by atomic mass is 9.77. The van der Waals surface area contributed by atoms with Crippen LogP contribution in [0.5, 0.6) is 5.75 Å². The van der Waals surface area contributed by atoms with Crippen molar-refractivity contribution in [1.82, 2.24) is 4.90 Å². The van der Waals surface area contributed by atoms with Crippen molar-refractivity contribution >= 4 is 5.97 Å². The molecule has 2 fully saturated rings. The summed E-state index contributed by atoms with van der Waals surface area (Å²) < 4.78 is 22.4. The van der Waals surface area contributed by atoms with Crippen LogP contribution >= 0.6 is 0 Å². The van der Waals surface area contributed by atoms with Gasteiger partial charge >= 0.3 is 5.97 Å². The van der Waals surface area contributed by atoms with Crippen LogP contribution in [0.15, 0.2) is 47.6 Å². The minimum absolute atomic E-state index is 0.116. The van der Waals surface area contributed by atoms with Crippen LogP contribution in [0.4, 0.5) is 0 Å². The van der Waals surface area contributed by atoms with Crippen molar-refractivity contribution in [3.63, 3.8) is 0 Å². The number of hydrogen-bond acceptors (Lipinski definition) is 6. The number of fused-ring (bicyclic) bond motifs is 3. The summed E-state index contributed by atoms with van der Waals surface area (Å²) in [5, 5.41) is 0. The molecule has 0 N–H and O–H groups in total. The smallest absolute Gasteiger partial charge is 0.332 e. The van der Waals surface area contributed by atoms with Crippen LogP contribution in [0.25, 0.3) is 0 Å². The molecule has 30 heavy (non-hydrogen) atoms. The van der Waals surface area contributed by atoms with Gasteiger partial charge in [0.2, 0.25) is 0 Å². The van der Waals surface area contributed by atoms with E-state index in [-0.39, 0.29) is 30.4 Å². The highest BCUT2D eigenvalue weighted by Crippen LogP contribution is 2.56. The van der Waals surface area contributed by atoms with Crippen molar-refractivity contribution in [1.29, 1.82) is 0 Å². The van der Waals surface area contributed by atoms with Gasteiger partial charge in [-0.3, -0.25) is 4.90 Å². The first-order valence-corrected chi connectivity index (χ1v) is 10.3. The molecule has 0 aromatic heterocycles. The molecule has 2 saturated heterocycles. The fraction of sp³-hybridized carbons (Fsp3) is 0.458. The molecule has 4 atom stereocenters. The number of methoxy groups -OCH3 is 3. The van der Waals surface area contributed by atoms with Gasteiger partial charge in [0.15, 0.2) is 11.9 Å². The average Bonchev–Trinajstić information content (AvgIpc) is 3.41. The molecule has 0 radical (unpaired) electrons. The molecule has 0 unspecified atom stereocenters. The number of rotatable bonds is 4. The Morgan fingerprint density at radius 2 is 2.03 bits per heavy atom. The Morgan fingerprint density at radius 1 is 1.20 bits per heavy atom. The maximum Gasteiger partial charge on any atom is 0.332 e. The molecular weight excluding hydrogens is 382 g/mol. The molecule has 3 heterocycles. The summed E-state index contributed by atoms with van der Waals surface area (Å²) >= 11 is 0. The lowest BCUT2D eigenvalue weighted by molar-refractivity contribution is -0.151. The summed E-state index contributed by atoms with van der Waals surface area (Å²) in [5.74, 6) is 7.02. The van der Waals surface area contributed by atoms with Gasteiger partial charge in [0.25, 0.3) is 0 Å². The summed E-state index contributed by atoms with van der Waals surface area (Å²) in [6.45, 7) is 0. The standard InChI is InChI=1S/C24H25NO5/c1-27-18-6-4-5-15(11-18)7-8-16-12-17-14-24(19(16)13-22(26)30-24)21-10-9-20(25(17)21)23(28-2)29-3/h4-6,11-13,17,20-21,23H,9-10,14H2,1-3H3/t17-,20-,21-,24+/m1/s1. The van der Waals surface area contributed by atoms with Crippen molar-refractivity contribution in [2.45, 2.75) is 49.3 Å². The molecule has 0 amide bonds. The summed E-state index contributed by atoms with van der Waals surface area (Å²) in [4.78, 5) is 14.8. The van der Waals surface area contributed by atoms with Gasteiger partial charge < -0.3 is 18.9 Å². The van der Waals surface area contributed by atoms with Crippen molar-refractivity contribution in [3.8, 4) is 17.6 Å². The predicted molar refractivity (Wildman–Crippen MR) is 110 cm³/mol. The first kappa shape index (κ1) is 19.4. The highest BCUT2D eigenvalue weighted by Gasteiger charge is 2.65. The number of benzene rings is 1. The van der Waals surface area contributed by atoms with Crippen molar-refractivity contribution in [2.75, 3.05) is 21.3 Å². The second-order valence-electron chi connectivity index (χ2n) is 8.15. The van der Waals surface area contributed by atoms with E-state index < -0.39 is 5.60 Å². The van der Waals surface area contributed by atoms with Crippen LogP contribution in [0.3, 0.4) is 0 Å². The maximum atomic E-state index is 12.4. The zero-order valence-electron chi connectivity index (χ0n) is 17.4. The topological polar surface area (TPSA) is 57.2 Å². The van der Waals surface area contributed by atoms with Gasteiger partial charge in [0, 0.05) is 49.5 Å². The normalized spacial score (nSPS) is 31.5. The molecule has 1 aromatic carbocycles. The fourth-order valence-electron chi connectivity index (χ4n) is 5.63. The summed E-state index contributed by atoms with van der Waals surface area (Å²) in [5.41, 5.74) is 2.04. The molecule has 3 aliphatic heterocycles. The van der Waals surface area contributed by atoms with Gasteiger partial charge in [0.1, 0.15) is 5.75 Å². The first-order chi connectivity index (χ1) is 14.6. The second-order valence-corrected chi connectivity index (χ2v) is 8.15. The van der Waals surface area contributed by atoms with E-state index in [1.165, 1.54) is 0 Å². The summed E-state index contributed by atoms with van der Waals surface area (Å²) in [6, 6.07) is 8.03. The highest BCUT2D eigenvalue weighted by atomic mass is 16.7. The van der Waals surface area contributed by atoms with E-state index >= 15 is 0 Å². The van der Waals surface area contributed by atoms with Crippen LogP contribution in [-0.2, 0) is 19.0 Å². The van der Waals surface area contributed by atoms with Gasteiger partial charge in [-0.1, -0.05) is 24.0 Å². The zero-order chi connectivity index (χ0) is 20.9. The first-order valence-electron chi connectivity index (χ1n) is 10.3. The number of esters is 1. The molecule has 6 nitrogen and oxygen atoms in total. The highest BCUT2D eigenvalue weighted by molar-refractivity contribution is 5.90. The molecule has 1 aliphatic carbocycles. The quantitative estimate of drug-likeness (QED) is 0.434. The van der Waals surface area contributed by atoms with E-state index in [4.69, 9.17) is 18.9 Å². The molecule has 1 aromatic rings. The maximum absolute atomic E-state index is 12.4. The van der Waals surface area contributed by atoms with Crippen molar-refractivity contribution < 1.29 is 23.7 Å². The van der Waals surface area contributed by atoms with Crippen molar-refractivity contribution in [2.24, 2.45) is 0 Å². The molecule has 0 saturated carbocycles. The van der Waals surface area contributed by atoms with Gasteiger partial charge in [0.05, 0.1) is 19.2 Å². The molecule has 5 rings (SSSR count). The Morgan fingerprint density at radius 3 is 2.80 bits per heavy atom. The number of nitrogens with zero attached hydrogens (tertiary/aromatic N) is 1. The second kappa shape index (κ2) is 7.28. The minimum Gasteiger partial charge on any atom is -0.497 e. The van der Waals surface area contributed by atoms with E-state index in [1.807, 2.05) is 24.3 Å². The average molecular weight is 407 g/mol. The minimum atomic E-state index is -0.615. The van der Waals surface area contributed by atoms with Gasteiger partial charge in [-0.05, 0) is 31.0 Å². The fourth-order valence-corrected chi connectivity index (χ4v) is 5.63. The van der Waals surface area contributed by atoms with E-state index in [0.29, 0.717) is 0 Å². The lowest BCUT2D eigenvalue weighted by Gasteiger charge is -2.33. The Bertz CT molecular complexity index is 998. The van der Waals surface area contributed by atoms with E-state index in [9.17, 15) is 4.79 Å².